The summed E-state index contributed by atoms with van der Waals surface area (Å²) in [5.41, 5.74) is 2.55. The second-order valence-corrected chi connectivity index (χ2v) is 6.34. The number of anilines is 2. The predicted molar refractivity (Wildman–Crippen MR) is 88.2 cm³/mol. The quantitative estimate of drug-likeness (QED) is 0.925. The predicted octanol–water partition coefficient (Wildman–Crippen LogP) is 2.42. The Bertz CT molecular complexity index is 442. The molecule has 2 atom stereocenters. The number of benzene rings is 1. The van der Waals surface area contributed by atoms with Gasteiger partial charge in [-0.05, 0) is 51.1 Å². The Morgan fingerprint density at radius 1 is 1.10 bits per heavy atom. The van der Waals surface area contributed by atoms with Crippen LogP contribution in [0.2, 0.25) is 0 Å². The number of likely N-dealkylation sites (tertiary alicyclic amines) is 1. The number of ether oxygens (including phenoxy) is 1. The van der Waals surface area contributed by atoms with E-state index in [-0.39, 0.29) is 0 Å². The number of nitrogens with zero attached hydrogens (tertiary/aromatic N) is 2. The zero-order chi connectivity index (χ0) is 14.7. The Hall–Kier alpha value is -1.26. The maximum atomic E-state index is 5.41. The average molecular weight is 289 g/mol. The van der Waals surface area contributed by atoms with E-state index >= 15 is 0 Å². The Labute approximate surface area is 128 Å². The van der Waals surface area contributed by atoms with Crippen molar-refractivity contribution in [3.63, 3.8) is 0 Å². The number of rotatable bonds is 3. The third-order valence-electron chi connectivity index (χ3n) is 4.82. The highest BCUT2D eigenvalue weighted by Gasteiger charge is 2.22. The molecule has 0 bridgehead atoms. The zero-order valence-corrected chi connectivity index (χ0v) is 13.2. The lowest BCUT2D eigenvalue weighted by Crippen LogP contribution is -2.42. The fourth-order valence-electron chi connectivity index (χ4n) is 3.25. The summed E-state index contributed by atoms with van der Waals surface area (Å²) in [6.07, 6.45) is 2.45. The number of nitrogens with one attached hydrogen (secondary N) is 1. The monoisotopic (exact) mass is 289 g/mol. The summed E-state index contributed by atoms with van der Waals surface area (Å²) in [7, 11) is 2.22. The number of morpholine rings is 1. The minimum Gasteiger partial charge on any atom is -0.382 e. The van der Waals surface area contributed by atoms with Gasteiger partial charge in [-0.3, -0.25) is 0 Å². The Morgan fingerprint density at radius 2 is 1.81 bits per heavy atom. The molecule has 2 saturated heterocycles. The molecule has 2 unspecified atom stereocenters. The van der Waals surface area contributed by atoms with Crippen LogP contribution < -0.4 is 10.2 Å². The smallest absolute Gasteiger partial charge is 0.0642 e. The maximum absolute atomic E-state index is 5.41. The largest absolute Gasteiger partial charge is 0.382 e. The maximum Gasteiger partial charge on any atom is 0.0642 e. The summed E-state index contributed by atoms with van der Waals surface area (Å²) in [5, 5.41) is 3.69. The summed E-state index contributed by atoms with van der Waals surface area (Å²) < 4.78 is 5.41. The third kappa shape index (κ3) is 3.69. The molecule has 0 aliphatic carbocycles. The van der Waals surface area contributed by atoms with Gasteiger partial charge in [-0.2, -0.15) is 0 Å². The molecule has 1 N–H and O–H groups in total. The summed E-state index contributed by atoms with van der Waals surface area (Å²) in [6.45, 7) is 7.18. The average Bonchev–Trinajstić information content (AvgIpc) is 2.53. The van der Waals surface area contributed by atoms with Gasteiger partial charge in [0.15, 0.2) is 0 Å². The lowest BCUT2D eigenvalue weighted by atomic mass is 9.98. The van der Waals surface area contributed by atoms with Gasteiger partial charge >= 0.3 is 0 Å². The molecule has 2 fully saturated rings. The lowest BCUT2D eigenvalue weighted by molar-refractivity contribution is 0.122. The van der Waals surface area contributed by atoms with Crippen molar-refractivity contribution >= 4 is 11.4 Å². The van der Waals surface area contributed by atoms with Crippen LogP contribution in [0.25, 0.3) is 0 Å². The van der Waals surface area contributed by atoms with Crippen LogP contribution in [-0.2, 0) is 4.74 Å². The van der Waals surface area contributed by atoms with E-state index in [1.165, 1.54) is 30.8 Å². The highest BCUT2D eigenvalue weighted by Crippen LogP contribution is 2.23. The number of hydrogen-bond donors (Lipinski definition) is 1. The van der Waals surface area contributed by atoms with E-state index in [4.69, 9.17) is 4.74 Å². The molecule has 3 rings (SSSR count). The van der Waals surface area contributed by atoms with Gasteiger partial charge in [0.2, 0.25) is 0 Å². The minimum absolute atomic E-state index is 0.602. The molecule has 2 heterocycles. The van der Waals surface area contributed by atoms with Crippen LogP contribution in [0.4, 0.5) is 11.4 Å². The lowest BCUT2D eigenvalue weighted by Gasteiger charge is -2.36. The molecule has 21 heavy (non-hydrogen) atoms. The van der Waals surface area contributed by atoms with E-state index in [0.717, 1.165) is 26.3 Å². The first-order valence-corrected chi connectivity index (χ1v) is 8.12. The van der Waals surface area contributed by atoms with Gasteiger partial charge in [0.05, 0.1) is 13.2 Å². The molecule has 1 aromatic carbocycles. The molecule has 4 nitrogen and oxygen atoms in total. The standard InChI is InChI=1S/C17H27N3O/c1-14-13-16(7-8-19(14)2)18-15-3-5-17(6-4-15)20-9-11-21-12-10-20/h3-6,14,16,18H,7-13H2,1-2H3. The fraction of sp³-hybridized carbons (Fsp3) is 0.647. The van der Waals surface area contributed by atoms with Crippen LogP contribution in [0.15, 0.2) is 24.3 Å². The van der Waals surface area contributed by atoms with E-state index in [2.05, 4.69) is 53.4 Å². The van der Waals surface area contributed by atoms with Crippen LogP contribution in [-0.4, -0.2) is 56.9 Å². The number of piperidine rings is 1. The van der Waals surface area contributed by atoms with Crippen LogP contribution in [0.5, 0.6) is 0 Å². The Balaban J connectivity index is 1.57. The molecule has 0 amide bonds. The van der Waals surface area contributed by atoms with Gasteiger partial charge in [-0.15, -0.1) is 0 Å². The van der Waals surface area contributed by atoms with Crippen LogP contribution in [0, 0.1) is 0 Å². The van der Waals surface area contributed by atoms with E-state index in [1.54, 1.807) is 0 Å². The summed E-state index contributed by atoms with van der Waals surface area (Å²) >= 11 is 0. The van der Waals surface area contributed by atoms with Gasteiger partial charge in [-0.25, -0.2) is 0 Å². The van der Waals surface area contributed by atoms with E-state index in [1.807, 2.05) is 0 Å². The molecule has 0 aromatic heterocycles. The first-order chi connectivity index (χ1) is 10.2. The molecule has 0 spiro atoms. The molecule has 0 saturated carbocycles. The molecule has 0 radical (unpaired) electrons. The SMILES string of the molecule is CC1CC(Nc2ccc(N3CCOCC3)cc2)CCN1C. The summed E-state index contributed by atoms with van der Waals surface area (Å²) in [4.78, 5) is 4.84. The van der Waals surface area contributed by atoms with Crippen molar-refractivity contribution in [3.05, 3.63) is 24.3 Å². The molecule has 4 heteroatoms. The summed E-state index contributed by atoms with van der Waals surface area (Å²) in [6, 6.07) is 10.2. The van der Waals surface area contributed by atoms with Crippen molar-refractivity contribution in [1.29, 1.82) is 0 Å². The van der Waals surface area contributed by atoms with Crippen molar-refractivity contribution in [2.75, 3.05) is 50.1 Å². The van der Waals surface area contributed by atoms with Gasteiger partial charge < -0.3 is 19.9 Å². The molecular weight excluding hydrogens is 262 g/mol. The van der Waals surface area contributed by atoms with Crippen molar-refractivity contribution in [3.8, 4) is 0 Å². The topological polar surface area (TPSA) is 27.7 Å². The Kier molecular flexibility index (Phi) is 4.66. The van der Waals surface area contributed by atoms with Crippen molar-refractivity contribution in [1.82, 2.24) is 4.90 Å². The highest BCUT2D eigenvalue weighted by molar-refractivity contribution is 5.55. The summed E-state index contributed by atoms with van der Waals surface area (Å²) in [5.74, 6) is 0. The van der Waals surface area contributed by atoms with Crippen LogP contribution in [0.1, 0.15) is 19.8 Å². The van der Waals surface area contributed by atoms with Gasteiger partial charge in [0.25, 0.3) is 0 Å². The van der Waals surface area contributed by atoms with Crippen molar-refractivity contribution in [2.24, 2.45) is 0 Å². The van der Waals surface area contributed by atoms with E-state index in [9.17, 15) is 0 Å². The van der Waals surface area contributed by atoms with Crippen LogP contribution >= 0.6 is 0 Å². The van der Waals surface area contributed by atoms with E-state index in [0.29, 0.717) is 12.1 Å². The molecule has 1 aromatic rings. The van der Waals surface area contributed by atoms with Gasteiger partial charge in [-0.1, -0.05) is 0 Å². The second-order valence-electron chi connectivity index (χ2n) is 6.34. The third-order valence-corrected chi connectivity index (χ3v) is 4.82. The zero-order valence-electron chi connectivity index (χ0n) is 13.2. The first kappa shape index (κ1) is 14.7. The second kappa shape index (κ2) is 6.67. The normalized spacial score (nSPS) is 27.6. The van der Waals surface area contributed by atoms with Crippen molar-refractivity contribution < 1.29 is 4.74 Å². The Morgan fingerprint density at radius 3 is 2.48 bits per heavy atom. The molecular formula is C17H27N3O. The minimum atomic E-state index is 0.602. The molecule has 2 aliphatic rings. The molecule has 2 aliphatic heterocycles. The first-order valence-electron chi connectivity index (χ1n) is 8.12. The van der Waals surface area contributed by atoms with Gasteiger partial charge in [0.1, 0.15) is 0 Å². The van der Waals surface area contributed by atoms with Gasteiger partial charge in [0, 0.05) is 43.1 Å². The highest BCUT2D eigenvalue weighted by atomic mass is 16.5. The van der Waals surface area contributed by atoms with E-state index < -0.39 is 0 Å². The number of hydrogen-bond acceptors (Lipinski definition) is 4. The van der Waals surface area contributed by atoms with Crippen molar-refractivity contribution in [2.45, 2.75) is 31.8 Å². The molecule has 116 valence electrons. The fourth-order valence-corrected chi connectivity index (χ4v) is 3.25. The van der Waals surface area contributed by atoms with Crippen LogP contribution in [0.3, 0.4) is 0 Å².